The molecule has 0 N–H and O–H groups in total. The van der Waals surface area contributed by atoms with Gasteiger partial charge in [0.25, 0.3) is 0 Å². The molecule has 1 fully saturated rings. The molecule has 1 aromatic heterocycles. The van der Waals surface area contributed by atoms with Gasteiger partial charge in [-0.05, 0) is 50.0 Å². The molecule has 0 saturated carbocycles. The summed E-state index contributed by atoms with van der Waals surface area (Å²) in [5.41, 5.74) is 1.06. The van der Waals surface area contributed by atoms with E-state index in [0.29, 0.717) is 12.3 Å². The molecule has 0 spiro atoms. The zero-order valence-electron chi connectivity index (χ0n) is 13.7. The standard InChI is InChI=1S/C17H23FN4S/c1-21-9-3-4-14(11-21)12-22(2)17-20-19-16(23-17)10-13-5-7-15(18)8-6-13/h5-8,14H,3-4,9-12H2,1-2H3. The van der Waals surface area contributed by atoms with E-state index in [1.807, 2.05) is 0 Å². The Balaban J connectivity index is 1.58. The van der Waals surface area contributed by atoms with Crippen LogP contribution in [0.2, 0.25) is 0 Å². The van der Waals surface area contributed by atoms with Crippen molar-refractivity contribution in [2.75, 3.05) is 38.6 Å². The van der Waals surface area contributed by atoms with Crippen LogP contribution in [0.25, 0.3) is 0 Å². The number of hydrogen-bond acceptors (Lipinski definition) is 5. The topological polar surface area (TPSA) is 32.3 Å². The molecule has 0 radical (unpaired) electrons. The zero-order valence-corrected chi connectivity index (χ0v) is 14.5. The van der Waals surface area contributed by atoms with Gasteiger partial charge in [-0.15, -0.1) is 10.2 Å². The third-order valence-electron chi connectivity index (χ3n) is 4.31. The second-order valence-corrected chi connectivity index (χ2v) is 7.47. The molecule has 124 valence electrons. The average molecular weight is 334 g/mol. The average Bonchev–Trinajstić information content (AvgIpc) is 2.98. The van der Waals surface area contributed by atoms with E-state index in [4.69, 9.17) is 0 Å². The van der Waals surface area contributed by atoms with Gasteiger partial charge < -0.3 is 9.80 Å². The van der Waals surface area contributed by atoms with Crippen molar-refractivity contribution in [1.29, 1.82) is 0 Å². The Hall–Kier alpha value is -1.53. The van der Waals surface area contributed by atoms with Crippen molar-refractivity contribution < 1.29 is 4.39 Å². The van der Waals surface area contributed by atoms with Gasteiger partial charge in [-0.3, -0.25) is 0 Å². The second-order valence-electron chi connectivity index (χ2n) is 6.43. The van der Waals surface area contributed by atoms with E-state index in [0.717, 1.165) is 28.8 Å². The van der Waals surface area contributed by atoms with E-state index in [9.17, 15) is 4.39 Å². The lowest BCUT2D eigenvalue weighted by atomic mass is 9.98. The number of nitrogens with zero attached hydrogens (tertiary/aromatic N) is 4. The Labute approximate surface area is 141 Å². The molecule has 1 atom stereocenters. The summed E-state index contributed by atoms with van der Waals surface area (Å²) in [4.78, 5) is 4.62. The minimum absolute atomic E-state index is 0.205. The number of aromatic nitrogens is 2. The number of hydrogen-bond donors (Lipinski definition) is 0. The molecular weight excluding hydrogens is 311 g/mol. The van der Waals surface area contributed by atoms with E-state index in [2.05, 4.69) is 34.1 Å². The Kier molecular flexibility index (Phi) is 5.23. The van der Waals surface area contributed by atoms with Crippen molar-refractivity contribution >= 4 is 16.5 Å². The third-order valence-corrected chi connectivity index (χ3v) is 5.34. The highest BCUT2D eigenvalue weighted by atomic mass is 32.1. The van der Waals surface area contributed by atoms with Crippen LogP contribution in [0, 0.1) is 11.7 Å². The van der Waals surface area contributed by atoms with Crippen LogP contribution in [-0.2, 0) is 6.42 Å². The molecule has 4 nitrogen and oxygen atoms in total. The van der Waals surface area contributed by atoms with Gasteiger partial charge in [-0.25, -0.2) is 4.39 Å². The molecule has 3 rings (SSSR count). The molecule has 1 saturated heterocycles. The van der Waals surface area contributed by atoms with Gasteiger partial charge in [0.1, 0.15) is 10.8 Å². The number of anilines is 1. The molecule has 6 heteroatoms. The van der Waals surface area contributed by atoms with Gasteiger partial charge in [0.15, 0.2) is 0 Å². The van der Waals surface area contributed by atoms with Crippen LogP contribution in [0.15, 0.2) is 24.3 Å². The van der Waals surface area contributed by atoms with Crippen molar-refractivity contribution in [1.82, 2.24) is 15.1 Å². The van der Waals surface area contributed by atoms with Gasteiger partial charge >= 0.3 is 0 Å². The van der Waals surface area contributed by atoms with E-state index < -0.39 is 0 Å². The molecule has 23 heavy (non-hydrogen) atoms. The molecule has 0 amide bonds. The van der Waals surface area contributed by atoms with Crippen LogP contribution >= 0.6 is 11.3 Å². The van der Waals surface area contributed by atoms with E-state index >= 15 is 0 Å². The van der Waals surface area contributed by atoms with Crippen molar-refractivity contribution in [2.45, 2.75) is 19.3 Å². The minimum Gasteiger partial charge on any atom is -0.349 e. The van der Waals surface area contributed by atoms with Crippen LogP contribution in [0.1, 0.15) is 23.4 Å². The molecular formula is C17H23FN4S. The summed E-state index contributed by atoms with van der Waals surface area (Å²) in [7, 11) is 4.29. The van der Waals surface area contributed by atoms with Crippen LogP contribution in [0.4, 0.5) is 9.52 Å². The lowest BCUT2D eigenvalue weighted by Gasteiger charge is -2.32. The maximum atomic E-state index is 13.0. The number of piperidine rings is 1. The highest BCUT2D eigenvalue weighted by molar-refractivity contribution is 7.15. The van der Waals surface area contributed by atoms with Crippen molar-refractivity contribution in [3.8, 4) is 0 Å². The fraction of sp³-hybridized carbons (Fsp3) is 0.529. The number of likely N-dealkylation sites (tertiary alicyclic amines) is 1. The second kappa shape index (κ2) is 7.36. The minimum atomic E-state index is -0.205. The predicted octanol–water partition coefficient (Wildman–Crippen LogP) is 3.05. The third kappa shape index (κ3) is 4.48. The number of halogens is 1. The lowest BCUT2D eigenvalue weighted by Crippen LogP contribution is -2.38. The van der Waals surface area contributed by atoms with Gasteiger partial charge in [-0.2, -0.15) is 0 Å². The maximum Gasteiger partial charge on any atom is 0.208 e. The van der Waals surface area contributed by atoms with Gasteiger partial charge in [-0.1, -0.05) is 23.5 Å². The fourth-order valence-electron chi connectivity index (χ4n) is 3.13. The summed E-state index contributed by atoms with van der Waals surface area (Å²) in [6, 6.07) is 6.59. The SMILES string of the molecule is CN1CCCC(CN(C)c2nnc(Cc3ccc(F)cc3)s2)C1. The smallest absolute Gasteiger partial charge is 0.208 e. The molecule has 0 bridgehead atoms. The Morgan fingerprint density at radius 3 is 2.83 bits per heavy atom. The fourth-order valence-corrected chi connectivity index (χ4v) is 3.98. The quantitative estimate of drug-likeness (QED) is 0.841. The highest BCUT2D eigenvalue weighted by Gasteiger charge is 2.20. The van der Waals surface area contributed by atoms with Crippen molar-refractivity contribution in [2.24, 2.45) is 5.92 Å². The summed E-state index contributed by atoms with van der Waals surface area (Å²) in [5.74, 6) is 0.493. The molecule has 1 aliphatic rings. The summed E-state index contributed by atoms with van der Waals surface area (Å²) < 4.78 is 13.0. The highest BCUT2D eigenvalue weighted by Crippen LogP contribution is 2.24. The summed E-state index contributed by atoms with van der Waals surface area (Å²) >= 11 is 1.63. The van der Waals surface area contributed by atoms with Crippen molar-refractivity contribution in [3.05, 3.63) is 40.7 Å². The van der Waals surface area contributed by atoms with Crippen LogP contribution < -0.4 is 4.90 Å². The zero-order chi connectivity index (χ0) is 16.2. The monoisotopic (exact) mass is 334 g/mol. The molecule has 1 unspecified atom stereocenters. The normalized spacial score (nSPS) is 19.0. The Bertz CT molecular complexity index is 628. The Morgan fingerprint density at radius 1 is 1.30 bits per heavy atom. The van der Waals surface area contributed by atoms with Crippen molar-refractivity contribution in [3.63, 3.8) is 0 Å². The summed E-state index contributed by atoms with van der Waals surface area (Å²) in [5, 5.41) is 10.5. The van der Waals surface area contributed by atoms with Gasteiger partial charge in [0.2, 0.25) is 5.13 Å². The molecule has 2 heterocycles. The summed E-state index contributed by atoms with van der Waals surface area (Å²) in [6.07, 6.45) is 3.27. The number of benzene rings is 1. The van der Waals surface area contributed by atoms with E-state index in [1.54, 1.807) is 23.5 Å². The van der Waals surface area contributed by atoms with Gasteiger partial charge in [0, 0.05) is 26.6 Å². The molecule has 1 aliphatic heterocycles. The molecule has 0 aliphatic carbocycles. The van der Waals surface area contributed by atoms with E-state index in [1.165, 1.54) is 31.5 Å². The first-order chi connectivity index (χ1) is 11.1. The first-order valence-electron chi connectivity index (χ1n) is 8.06. The first kappa shape index (κ1) is 16.3. The van der Waals surface area contributed by atoms with Crippen LogP contribution in [0.5, 0.6) is 0 Å². The maximum absolute atomic E-state index is 13.0. The van der Waals surface area contributed by atoms with Crippen LogP contribution in [0.3, 0.4) is 0 Å². The van der Waals surface area contributed by atoms with Gasteiger partial charge in [0.05, 0.1) is 0 Å². The van der Waals surface area contributed by atoms with E-state index in [-0.39, 0.29) is 5.82 Å². The number of rotatable bonds is 5. The van der Waals surface area contributed by atoms with Crippen LogP contribution in [-0.4, -0.2) is 48.8 Å². The first-order valence-corrected chi connectivity index (χ1v) is 8.88. The lowest BCUT2D eigenvalue weighted by molar-refractivity contribution is 0.213. The summed E-state index contributed by atoms with van der Waals surface area (Å²) in [6.45, 7) is 3.39. The Morgan fingerprint density at radius 2 is 2.09 bits per heavy atom. The molecule has 1 aromatic carbocycles. The largest absolute Gasteiger partial charge is 0.349 e. The molecule has 2 aromatic rings. The predicted molar refractivity (Wildman–Crippen MR) is 92.6 cm³/mol.